The third kappa shape index (κ3) is 6.40. The van der Waals surface area contributed by atoms with Crippen molar-refractivity contribution < 1.29 is 37.3 Å². The number of carbonyl (C=O) groups is 2. The zero-order valence-corrected chi connectivity index (χ0v) is 16.3. The van der Waals surface area contributed by atoms with Crippen LogP contribution in [-0.4, -0.2) is 58.6 Å². The Hall–Kier alpha value is -2.72. The van der Waals surface area contributed by atoms with Crippen LogP contribution in [0.3, 0.4) is 0 Å². The van der Waals surface area contributed by atoms with Gasteiger partial charge in [0, 0.05) is 24.8 Å². The van der Waals surface area contributed by atoms with E-state index in [2.05, 4.69) is 15.0 Å². The first kappa shape index (κ1) is 22.6. The molecule has 162 valence electrons. The largest absolute Gasteiger partial charge is 0.573 e. The minimum atomic E-state index is -4.89. The highest BCUT2D eigenvalue weighted by Crippen LogP contribution is 2.31. The molecule has 1 saturated heterocycles. The summed E-state index contributed by atoms with van der Waals surface area (Å²) in [4.78, 5) is 28.8. The molecule has 2 rings (SSSR count). The number of rotatable bonds is 6. The zero-order chi connectivity index (χ0) is 21.8. The van der Waals surface area contributed by atoms with Crippen LogP contribution in [0.1, 0.15) is 33.6 Å². The molecule has 29 heavy (non-hydrogen) atoms. The van der Waals surface area contributed by atoms with E-state index in [0.717, 1.165) is 6.07 Å². The van der Waals surface area contributed by atoms with E-state index in [0.29, 0.717) is 19.4 Å². The van der Waals surface area contributed by atoms with Crippen LogP contribution in [0, 0.1) is 5.41 Å². The smallest absolute Gasteiger partial charge is 0.474 e. The Kier molecular flexibility index (Phi) is 6.81. The van der Waals surface area contributed by atoms with Gasteiger partial charge in [0.15, 0.2) is 5.75 Å². The molecule has 2 amide bonds. The number of amides is 2. The molecule has 0 radical (unpaired) electrons. The average Bonchev–Trinajstić information content (AvgIpc) is 2.59. The SMILES string of the molecule is C[C@H]1C[C@@H](NC(=O)C(C)(C)COc2ncccc2OC(F)(F)F)CCN1C(=O)O. The number of carbonyl (C=O) groups excluding carboxylic acids is 1. The van der Waals surface area contributed by atoms with E-state index in [-0.39, 0.29) is 30.5 Å². The Morgan fingerprint density at radius 2 is 2.07 bits per heavy atom. The van der Waals surface area contributed by atoms with E-state index in [1.807, 2.05) is 0 Å². The number of alkyl halides is 3. The standard InChI is InChI=1S/C18H24F3N3O5/c1-11-9-12(6-8-24(11)16(26)27)23-15(25)17(2,3)10-28-14-13(5-4-7-22-14)29-18(19,20)21/h4-5,7,11-12H,6,8-10H2,1-3H3,(H,23,25)(H,26,27)/t11-,12-/m0/s1. The first-order valence-electron chi connectivity index (χ1n) is 9.03. The van der Waals surface area contributed by atoms with Crippen molar-refractivity contribution in [3.63, 3.8) is 0 Å². The molecule has 1 aromatic rings. The molecular formula is C18H24F3N3O5. The minimum absolute atomic E-state index is 0.202. The summed E-state index contributed by atoms with van der Waals surface area (Å²) < 4.78 is 46.7. The van der Waals surface area contributed by atoms with Crippen molar-refractivity contribution in [2.24, 2.45) is 5.41 Å². The molecule has 0 aliphatic carbocycles. The summed E-state index contributed by atoms with van der Waals surface area (Å²) in [5.41, 5.74) is -1.07. The molecule has 2 atom stereocenters. The highest BCUT2D eigenvalue weighted by atomic mass is 19.4. The third-order valence-electron chi connectivity index (χ3n) is 4.60. The molecule has 1 fully saturated rings. The second kappa shape index (κ2) is 8.75. The number of carboxylic acid groups (broad SMARTS) is 1. The average molecular weight is 419 g/mol. The van der Waals surface area contributed by atoms with Gasteiger partial charge in [-0.2, -0.15) is 0 Å². The summed E-state index contributed by atoms with van der Waals surface area (Å²) in [6.45, 7) is 5.03. The summed E-state index contributed by atoms with van der Waals surface area (Å²) in [5, 5.41) is 12.0. The lowest BCUT2D eigenvalue weighted by Gasteiger charge is -2.37. The van der Waals surface area contributed by atoms with Crippen LogP contribution in [0.4, 0.5) is 18.0 Å². The quantitative estimate of drug-likeness (QED) is 0.735. The fourth-order valence-corrected chi connectivity index (χ4v) is 2.97. The molecule has 1 aromatic heterocycles. The van der Waals surface area contributed by atoms with Crippen molar-refractivity contribution in [1.29, 1.82) is 0 Å². The summed E-state index contributed by atoms with van der Waals surface area (Å²) in [6.07, 6.45) is -3.69. The summed E-state index contributed by atoms with van der Waals surface area (Å²) in [5.74, 6) is -1.31. The fourth-order valence-electron chi connectivity index (χ4n) is 2.97. The molecule has 0 bridgehead atoms. The predicted molar refractivity (Wildman–Crippen MR) is 95.6 cm³/mol. The van der Waals surface area contributed by atoms with E-state index in [4.69, 9.17) is 9.84 Å². The second-order valence-electron chi connectivity index (χ2n) is 7.55. The molecule has 1 aliphatic rings. The van der Waals surface area contributed by atoms with Crippen LogP contribution in [0.25, 0.3) is 0 Å². The van der Waals surface area contributed by atoms with Crippen LogP contribution in [0.2, 0.25) is 0 Å². The molecule has 11 heteroatoms. The number of aromatic nitrogens is 1. The number of hydrogen-bond donors (Lipinski definition) is 2. The lowest BCUT2D eigenvalue weighted by molar-refractivity contribution is -0.275. The monoisotopic (exact) mass is 419 g/mol. The molecule has 0 saturated carbocycles. The fraction of sp³-hybridized carbons (Fsp3) is 0.611. The molecule has 2 N–H and O–H groups in total. The van der Waals surface area contributed by atoms with Crippen LogP contribution >= 0.6 is 0 Å². The van der Waals surface area contributed by atoms with Crippen molar-refractivity contribution in [3.8, 4) is 11.6 Å². The van der Waals surface area contributed by atoms with Crippen LogP contribution < -0.4 is 14.8 Å². The highest BCUT2D eigenvalue weighted by molar-refractivity contribution is 5.82. The number of pyridine rings is 1. The van der Waals surface area contributed by atoms with Gasteiger partial charge in [-0.25, -0.2) is 9.78 Å². The predicted octanol–water partition coefficient (Wildman–Crippen LogP) is 3.03. The van der Waals surface area contributed by atoms with E-state index < -0.39 is 23.6 Å². The van der Waals surface area contributed by atoms with Gasteiger partial charge in [-0.15, -0.1) is 13.2 Å². The van der Waals surface area contributed by atoms with Gasteiger partial charge in [0.05, 0.1) is 5.41 Å². The zero-order valence-electron chi connectivity index (χ0n) is 16.3. The van der Waals surface area contributed by atoms with Gasteiger partial charge in [-0.1, -0.05) is 0 Å². The van der Waals surface area contributed by atoms with E-state index in [1.54, 1.807) is 20.8 Å². The topological polar surface area (TPSA) is 101 Å². The number of likely N-dealkylation sites (tertiary alicyclic amines) is 1. The van der Waals surface area contributed by atoms with Gasteiger partial charge in [0.2, 0.25) is 5.91 Å². The van der Waals surface area contributed by atoms with Gasteiger partial charge in [0.25, 0.3) is 5.88 Å². The Morgan fingerprint density at radius 3 is 2.66 bits per heavy atom. The van der Waals surface area contributed by atoms with E-state index in [1.165, 1.54) is 17.2 Å². The minimum Gasteiger partial charge on any atom is -0.474 e. The van der Waals surface area contributed by atoms with Gasteiger partial charge in [-0.05, 0) is 45.7 Å². The number of halogens is 3. The van der Waals surface area contributed by atoms with Crippen molar-refractivity contribution in [2.75, 3.05) is 13.2 Å². The first-order valence-corrected chi connectivity index (χ1v) is 9.03. The van der Waals surface area contributed by atoms with Crippen LogP contribution in [0.5, 0.6) is 11.6 Å². The third-order valence-corrected chi connectivity index (χ3v) is 4.60. The maximum absolute atomic E-state index is 12.6. The first-order chi connectivity index (χ1) is 13.4. The van der Waals surface area contributed by atoms with Crippen LogP contribution in [0.15, 0.2) is 18.3 Å². The van der Waals surface area contributed by atoms with Gasteiger partial charge in [-0.3, -0.25) is 4.79 Å². The lowest BCUT2D eigenvalue weighted by Crippen LogP contribution is -2.53. The van der Waals surface area contributed by atoms with E-state index in [9.17, 15) is 22.8 Å². The van der Waals surface area contributed by atoms with Crippen molar-refractivity contribution >= 4 is 12.0 Å². The lowest BCUT2D eigenvalue weighted by atomic mass is 9.91. The number of nitrogens with one attached hydrogen (secondary N) is 1. The molecule has 1 aliphatic heterocycles. The Morgan fingerprint density at radius 1 is 1.38 bits per heavy atom. The normalized spacial score (nSPS) is 20.1. The maximum atomic E-state index is 12.6. The van der Waals surface area contributed by atoms with Crippen molar-refractivity contribution in [2.45, 2.75) is 52.1 Å². The van der Waals surface area contributed by atoms with Crippen LogP contribution in [-0.2, 0) is 4.79 Å². The Balaban J connectivity index is 1.95. The van der Waals surface area contributed by atoms with E-state index >= 15 is 0 Å². The Labute approximate surface area is 166 Å². The molecule has 0 spiro atoms. The number of nitrogens with zero attached hydrogens (tertiary/aromatic N) is 2. The number of ether oxygens (including phenoxy) is 2. The molecular weight excluding hydrogens is 395 g/mol. The summed E-state index contributed by atoms with van der Waals surface area (Å²) >= 11 is 0. The molecule has 0 unspecified atom stereocenters. The molecule has 8 nitrogen and oxygen atoms in total. The maximum Gasteiger partial charge on any atom is 0.573 e. The number of hydrogen-bond acceptors (Lipinski definition) is 5. The number of piperidine rings is 1. The van der Waals surface area contributed by atoms with Crippen molar-refractivity contribution in [1.82, 2.24) is 15.2 Å². The Bertz CT molecular complexity index is 742. The van der Waals surface area contributed by atoms with Gasteiger partial charge < -0.3 is 24.8 Å². The summed E-state index contributed by atoms with van der Waals surface area (Å²) in [6, 6.07) is 1.91. The molecule has 2 heterocycles. The van der Waals surface area contributed by atoms with Gasteiger partial charge >= 0.3 is 12.5 Å². The molecule has 0 aromatic carbocycles. The van der Waals surface area contributed by atoms with Gasteiger partial charge in [0.1, 0.15) is 6.61 Å². The second-order valence-corrected chi connectivity index (χ2v) is 7.55. The van der Waals surface area contributed by atoms with Crippen molar-refractivity contribution in [3.05, 3.63) is 18.3 Å². The highest BCUT2D eigenvalue weighted by Gasteiger charge is 2.36. The summed E-state index contributed by atoms with van der Waals surface area (Å²) in [7, 11) is 0.